The largest absolute Gasteiger partial charge is 0.497 e. The summed E-state index contributed by atoms with van der Waals surface area (Å²) in [4.78, 5) is 12.6. The SMILES string of the molecule is COc1ccc(C(=O)O[C@@H]2C=CC[C@@H](C[C@@H](C)CCC=C(C)C)O2)c(OC)c1. The van der Waals surface area contributed by atoms with E-state index in [-0.39, 0.29) is 6.10 Å². The summed E-state index contributed by atoms with van der Waals surface area (Å²) in [6.45, 7) is 6.48. The van der Waals surface area contributed by atoms with Gasteiger partial charge in [-0.15, -0.1) is 0 Å². The third kappa shape index (κ3) is 6.71. The average Bonchev–Trinajstić information content (AvgIpc) is 2.67. The molecule has 1 aliphatic heterocycles. The summed E-state index contributed by atoms with van der Waals surface area (Å²) in [7, 11) is 3.07. The molecule has 1 aromatic carbocycles. The molecular weight excluding hydrogens is 356 g/mol. The van der Waals surface area contributed by atoms with E-state index in [1.165, 1.54) is 12.7 Å². The van der Waals surface area contributed by atoms with Gasteiger partial charge in [-0.05, 0) is 63.7 Å². The number of carbonyl (C=O) groups is 1. The molecule has 1 aliphatic rings. The summed E-state index contributed by atoms with van der Waals surface area (Å²) < 4.78 is 22.0. The van der Waals surface area contributed by atoms with Gasteiger partial charge in [0.15, 0.2) is 0 Å². The van der Waals surface area contributed by atoms with Gasteiger partial charge in [-0.1, -0.05) is 24.6 Å². The van der Waals surface area contributed by atoms with E-state index in [0.29, 0.717) is 23.0 Å². The van der Waals surface area contributed by atoms with Crippen LogP contribution in [0.2, 0.25) is 0 Å². The summed E-state index contributed by atoms with van der Waals surface area (Å²) in [5.41, 5.74) is 1.70. The minimum atomic E-state index is -0.678. The number of rotatable bonds is 9. The first-order valence-corrected chi connectivity index (χ1v) is 9.81. The van der Waals surface area contributed by atoms with Gasteiger partial charge in [-0.2, -0.15) is 0 Å². The monoisotopic (exact) mass is 388 g/mol. The molecule has 3 atom stereocenters. The van der Waals surface area contributed by atoms with Crippen LogP contribution in [0, 0.1) is 5.92 Å². The van der Waals surface area contributed by atoms with Gasteiger partial charge in [0, 0.05) is 6.07 Å². The second kappa shape index (κ2) is 10.9. The fraction of sp³-hybridized carbons (Fsp3) is 0.522. The van der Waals surface area contributed by atoms with Crippen LogP contribution in [0.25, 0.3) is 0 Å². The summed E-state index contributed by atoms with van der Waals surface area (Å²) >= 11 is 0. The van der Waals surface area contributed by atoms with Crippen LogP contribution in [0.4, 0.5) is 0 Å². The summed E-state index contributed by atoms with van der Waals surface area (Å²) in [5, 5.41) is 0. The van der Waals surface area contributed by atoms with E-state index in [9.17, 15) is 4.79 Å². The standard InChI is InChI=1S/C23H32O5/c1-16(2)8-6-9-17(3)14-19-10-7-11-22(27-19)28-23(24)20-13-12-18(25-4)15-21(20)26-5/h7-8,11-13,15,17,19,22H,6,9-10,14H2,1-5H3/t17-,19-,22+/m0/s1. The predicted molar refractivity (Wildman–Crippen MR) is 110 cm³/mol. The Hall–Kier alpha value is -2.27. The van der Waals surface area contributed by atoms with Crippen molar-refractivity contribution < 1.29 is 23.7 Å². The number of carbonyl (C=O) groups excluding carboxylic acids is 1. The van der Waals surface area contributed by atoms with Crippen LogP contribution in [-0.2, 0) is 9.47 Å². The average molecular weight is 389 g/mol. The van der Waals surface area contributed by atoms with Gasteiger partial charge in [-0.3, -0.25) is 0 Å². The van der Waals surface area contributed by atoms with Gasteiger partial charge in [0.1, 0.15) is 17.1 Å². The van der Waals surface area contributed by atoms with Gasteiger partial charge in [0.25, 0.3) is 0 Å². The maximum Gasteiger partial charge on any atom is 0.344 e. The molecule has 0 saturated carbocycles. The van der Waals surface area contributed by atoms with Crippen molar-refractivity contribution in [2.45, 2.75) is 58.8 Å². The van der Waals surface area contributed by atoms with Gasteiger partial charge in [0.05, 0.1) is 20.3 Å². The molecule has 0 N–H and O–H groups in total. The smallest absolute Gasteiger partial charge is 0.344 e. The van der Waals surface area contributed by atoms with E-state index in [4.69, 9.17) is 18.9 Å². The maximum absolute atomic E-state index is 12.6. The van der Waals surface area contributed by atoms with Crippen molar-refractivity contribution in [3.63, 3.8) is 0 Å². The number of benzene rings is 1. The molecule has 0 unspecified atom stereocenters. The Bertz CT molecular complexity index is 703. The lowest BCUT2D eigenvalue weighted by Gasteiger charge is -2.27. The van der Waals surface area contributed by atoms with Crippen LogP contribution >= 0.6 is 0 Å². The highest BCUT2D eigenvalue weighted by atomic mass is 16.7. The minimum Gasteiger partial charge on any atom is -0.497 e. The zero-order chi connectivity index (χ0) is 20.5. The molecule has 0 fully saturated rings. The second-order valence-electron chi connectivity index (χ2n) is 7.46. The van der Waals surface area contributed by atoms with Crippen LogP contribution in [-0.4, -0.2) is 32.6 Å². The Morgan fingerprint density at radius 2 is 2.07 bits per heavy atom. The zero-order valence-corrected chi connectivity index (χ0v) is 17.6. The van der Waals surface area contributed by atoms with Crippen molar-refractivity contribution in [2.24, 2.45) is 5.92 Å². The summed E-state index contributed by atoms with van der Waals surface area (Å²) in [5.74, 6) is 1.09. The van der Waals surface area contributed by atoms with E-state index >= 15 is 0 Å². The molecule has 5 heteroatoms. The Morgan fingerprint density at radius 3 is 2.75 bits per heavy atom. The molecule has 154 valence electrons. The van der Waals surface area contributed by atoms with Crippen LogP contribution in [0.1, 0.15) is 56.8 Å². The summed E-state index contributed by atoms with van der Waals surface area (Å²) in [6.07, 6.45) is 9.46. The maximum atomic E-state index is 12.6. The van der Waals surface area contributed by atoms with Crippen molar-refractivity contribution in [3.8, 4) is 11.5 Å². The molecule has 0 aliphatic carbocycles. The van der Waals surface area contributed by atoms with Crippen molar-refractivity contribution in [2.75, 3.05) is 14.2 Å². The van der Waals surface area contributed by atoms with Crippen molar-refractivity contribution in [1.82, 2.24) is 0 Å². The highest BCUT2D eigenvalue weighted by Crippen LogP contribution is 2.27. The van der Waals surface area contributed by atoms with E-state index in [1.807, 2.05) is 6.08 Å². The number of allylic oxidation sites excluding steroid dienone is 2. The topological polar surface area (TPSA) is 54.0 Å². The lowest BCUT2D eigenvalue weighted by atomic mass is 9.95. The van der Waals surface area contributed by atoms with Crippen molar-refractivity contribution in [3.05, 3.63) is 47.6 Å². The van der Waals surface area contributed by atoms with Crippen LogP contribution in [0.5, 0.6) is 11.5 Å². The van der Waals surface area contributed by atoms with Crippen molar-refractivity contribution in [1.29, 1.82) is 0 Å². The van der Waals surface area contributed by atoms with Gasteiger partial charge >= 0.3 is 5.97 Å². The third-order valence-corrected chi connectivity index (χ3v) is 4.75. The number of methoxy groups -OCH3 is 2. The van der Waals surface area contributed by atoms with E-state index < -0.39 is 12.3 Å². The quantitative estimate of drug-likeness (QED) is 0.424. The highest BCUT2D eigenvalue weighted by Gasteiger charge is 2.24. The fourth-order valence-electron chi connectivity index (χ4n) is 3.21. The van der Waals surface area contributed by atoms with Gasteiger partial charge < -0.3 is 18.9 Å². The molecule has 0 radical (unpaired) electrons. The molecule has 5 nitrogen and oxygen atoms in total. The molecule has 0 bridgehead atoms. The molecule has 0 aromatic heterocycles. The first kappa shape index (κ1) is 22.0. The van der Waals surface area contributed by atoms with Crippen LogP contribution < -0.4 is 9.47 Å². The molecule has 1 aromatic rings. The molecule has 0 amide bonds. The molecular formula is C23H32O5. The Labute approximate surface area is 168 Å². The van der Waals surface area contributed by atoms with Gasteiger partial charge in [-0.25, -0.2) is 4.79 Å². The minimum absolute atomic E-state index is 0.0577. The molecule has 0 spiro atoms. The van der Waals surface area contributed by atoms with E-state index in [2.05, 4.69) is 26.8 Å². The Balaban J connectivity index is 1.91. The third-order valence-electron chi connectivity index (χ3n) is 4.75. The predicted octanol–water partition coefficient (Wildman–Crippen LogP) is 5.30. The highest BCUT2D eigenvalue weighted by molar-refractivity contribution is 5.93. The van der Waals surface area contributed by atoms with Crippen molar-refractivity contribution >= 4 is 5.97 Å². The second-order valence-corrected chi connectivity index (χ2v) is 7.46. The van der Waals surface area contributed by atoms with Crippen LogP contribution in [0.3, 0.4) is 0 Å². The fourth-order valence-corrected chi connectivity index (χ4v) is 3.21. The Morgan fingerprint density at radius 1 is 1.29 bits per heavy atom. The number of esters is 1. The van der Waals surface area contributed by atoms with Gasteiger partial charge in [0.2, 0.25) is 6.29 Å². The zero-order valence-electron chi connectivity index (χ0n) is 17.6. The number of hydrogen-bond acceptors (Lipinski definition) is 5. The first-order valence-electron chi connectivity index (χ1n) is 9.81. The molecule has 2 rings (SSSR count). The Kier molecular flexibility index (Phi) is 8.58. The van der Waals surface area contributed by atoms with Crippen LogP contribution in [0.15, 0.2) is 42.0 Å². The number of hydrogen-bond donors (Lipinski definition) is 0. The number of ether oxygens (including phenoxy) is 4. The first-order chi connectivity index (χ1) is 13.4. The lowest BCUT2D eigenvalue weighted by Crippen LogP contribution is -2.29. The molecule has 0 saturated heterocycles. The molecule has 1 heterocycles. The molecule has 28 heavy (non-hydrogen) atoms. The summed E-state index contributed by atoms with van der Waals surface area (Å²) in [6, 6.07) is 4.99. The van der Waals surface area contributed by atoms with E-state index in [0.717, 1.165) is 25.7 Å². The van der Waals surface area contributed by atoms with E-state index in [1.54, 1.807) is 31.4 Å². The lowest BCUT2D eigenvalue weighted by molar-refractivity contribution is -0.124. The normalized spacial score (nSPS) is 19.6.